The highest BCUT2D eigenvalue weighted by Gasteiger charge is 2.28. The molecular weight excluding hydrogens is 271 g/mol. The summed E-state index contributed by atoms with van der Waals surface area (Å²) >= 11 is 0. The Kier molecular flexibility index (Phi) is 4.94. The summed E-state index contributed by atoms with van der Waals surface area (Å²) in [4.78, 5) is 0. The van der Waals surface area contributed by atoms with E-state index >= 15 is 0 Å². The lowest BCUT2D eigenvalue weighted by atomic mass is 10.2. The van der Waals surface area contributed by atoms with Gasteiger partial charge in [-0.15, -0.1) is 5.73 Å². The molecule has 0 aromatic heterocycles. The van der Waals surface area contributed by atoms with Crippen molar-refractivity contribution in [2.45, 2.75) is 6.42 Å². The van der Waals surface area contributed by atoms with Crippen LogP contribution in [0.5, 0.6) is 0 Å². The maximum absolute atomic E-state index is 12.7. The quantitative estimate of drug-likeness (QED) is 0.588. The molecule has 20 heavy (non-hydrogen) atoms. The van der Waals surface area contributed by atoms with Crippen LogP contribution in [0, 0.1) is 0 Å². The van der Waals surface area contributed by atoms with Gasteiger partial charge in [-0.1, -0.05) is 48.6 Å². The molecule has 0 bridgehead atoms. The predicted octanol–water partition coefficient (Wildman–Crippen LogP) is 4.55. The normalized spacial score (nSPS) is 13.8. The van der Waals surface area contributed by atoms with Crippen molar-refractivity contribution < 1.29 is 13.6 Å². The van der Waals surface area contributed by atoms with Crippen LogP contribution in [0.15, 0.2) is 65.9 Å². The van der Waals surface area contributed by atoms with Crippen molar-refractivity contribution in [1.29, 1.82) is 0 Å². The fraction of sp³-hybridized carbons (Fsp3) is 0.188. The largest absolute Gasteiger partial charge is 0.369 e. The van der Waals surface area contributed by atoms with E-state index in [1.807, 2.05) is 48.6 Å². The molecular formula is C16H17O3P. The van der Waals surface area contributed by atoms with Gasteiger partial charge in [0.1, 0.15) is 5.31 Å². The van der Waals surface area contributed by atoms with Gasteiger partial charge in [0.25, 0.3) is 0 Å². The van der Waals surface area contributed by atoms with Crippen LogP contribution in [0.2, 0.25) is 0 Å². The van der Waals surface area contributed by atoms with Crippen LogP contribution in [-0.2, 0) is 13.6 Å². The van der Waals surface area contributed by atoms with Gasteiger partial charge >= 0.3 is 7.60 Å². The standard InChI is InChI=1S/C16H17O3P/c1-18-20(17,19-2)16(15-10-4-3-5-11-15)13-12-14-8-6-7-9-14/h3-8,10-12H,9H2,1-2H3. The zero-order valence-electron chi connectivity index (χ0n) is 11.6. The molecule has 0 radical (unpaired) electrons. The van der Waals surface area contributed by atoms with Gasteiger partial charge in [0.2, 0.25) is 0 Å². The lowest BCUT2D eigenvalue weighted by Crippen LogP contribution is -1.92. The molecule has 0 heterocycles. The molecule has 4 heteroatoms. The molecule has 3 nitrogen and oxygen atoms in total. The smallest absolute Gasteiger partial charge is 0.308 e. The molecule has 1 aliphatic rings. The van der Waals surface area contributed by atoms with E-state index in [0.717, 1.165) is 17.6 Å². The van der Waals surface area contributed by atoms with Crippen LogP contribution >= 0.6 is 7.60 Å². The Hall–Kier alpha value is -1.63. The topological polar surface area (TPSA) is 35.5 Å². The lowest BCUT2D eigenvalue weighted by Gasteiger charge is -2.15. The number of hydrogen-bond donors (Lipinski definition) is 0. The summed E-state index contributed by atoms with van der Waals surface area (Å²) in [5.41, 5.74) is 4.98. The first kappa shape index (κ1) is 14.8. The first-order valence-corrected chi connectivity index (χ1v) is 7.84. The first-order valence-electron chi connectivity index (χ1n) is 6.29. The Morgan fingerprint density at radius 1 is 1.25 bits per heavy atom. The summed E-state index contributed by atoms with van der Waals surface area (Å²) < 4.78 is 22.9. The van der Waals surface area contributed by atoms with Crippen molar-refractivity contribution in [2.75, 3.05) is 14.2 Å². The first-order chi connectivity index (χ1) is 9.69. The molecule has 0 aliphatic heterocycles. The molecule has 0 spiro atoms. The lowest BCUT2D eigenvalue weighted by molar-refractivity contribution is 0.288. The van der Waals surface area contributed by atoms with E-state index in [2.05, 4.69) is 11.8 Å². The van der Waals surface area contributed by atoms with E-state index in [1.54, 1.807) is 0 Å². The Balaban J connectivity index is 2.50. The Morgan fingerprint density at radius 2 is 1.95 bits per heavy atom. The maximum Gasteiger partial charge on any atom is 0.369 e. The fourth-order valence-corrected chi connectivity index (χ4v) is 3.11. The molecule has 0 N–H and O–H groups in total. The summed E-state index contributed by atoms with van der Waals surface area (Å²) in [6, 6.07) is 9.38. The third-order valence-corrected chi connectivity index (χ3v) is 4.89. The van der Waals surface area contributed by atoms with Crippen molar-refractivity contribution >= 4 is 12.9 Å². The number of benzene rings is 1. The van der Waals surface area contributed by atoms with Gasteiger partial charge in [-0.3, -0.25) is 4.57 Å². The Morgan fingerprint density at radius 3 is 2.50 bits per heavy atom. The Bertz CT molecular complexity index is 627. The van der Waals surface area contributed by atoms with Gasteiger partial charge < -0.3 is 9.05 Å². The zero-order valence-corrected chi connectivity index (χ0v) is 12.5. The van der Waals surface area contributed by atoms with Gasteiger partial charge in [0.05, 0.1) is 0 Å². The molecule has 1 aromatic rings. The highest BCUT2D eigenvalue weighted by atomic mass is 31.2. The highest BCUT2D eigenvalue weighted by molar-refractivity contribution is 7.65. The molecule has 104 valence electrons. The van der Waals surface area contributed by atoms with Gasteiger partial charge in [-0.05, 0) is 23.6 Å². The summed E-state index contributed by atoms with van der Waals surface area (Å²) in [5, 5.41) is 0.441. The van der Waals surface area contributed by atoms with Crippen molar-refractivity contribution in [3.05, 3.63) is 71.5 Å². The van der Waals surface area contributed by atoms with Gasteiger partial charge in [0, 0.05) is 14.2 Å². The van der Waals surface area contributed by atoms with Crippen molar-refractivity contribution in [1.82, 2.24) is 0 Å². The van der Waals surface area contributed by atoms with E-state index in [0.29, 0.717) is 5.31 Å². The number of allylic oxidation sites excluding steroid dienone is 5. The summed E-state index contributed by atoms with van der Waals surface area (Å²) in [6.07, 6.45) is 8.73. The molecule has 1 aliphatic carbocycles. The van der Waals surface area contributed by atoms with Crippen LogP contribution in [0.4, 0.5) is 0 Å². The van der Waals surface area contributed by atoms with Crippen LogP contribution in [-0.4, -0.2) is 14.2 Å². The average molecular weight is 288 g/mol. The van der Waals surface area contributed by atoms with E-state index < -0.39 is 7.60 Å². The third kappa shape index (κ3) is 3.27. The van der Waals surface area contributed by atoms with Gasteiger partial charge in [-0.25, -0.2) is 0 Å². The van der Waals surface area contributed by atoms with E-state index in [1.165, 1.54) is 14.2 Å². The van der Waals surface area contributed by atoms with Crippen LogP contribution in [0.25, 0.3) is 5.31 Å². The monoisotopic (exact) mass is 288 g/mol. The van der Waals surface area contributed by atoms with Gasteiger partial charge in [-0.2, -0.15) is 0 Å². The predicted molar refractivity (Wildman–Crippen MR) is 81.4 cm³/mol. The van der Waals surface area contributed by atoms with E-state index in [9.17, 15) is 4.57 Å². The molecule has 0 amide bonds. The number of hydrogen-bond acceptors (Lipinski definition) is 3. The molecule has 0 atom stereocenters. The zero-order chi connectivity index (χ0) is 14.4. The average Bonchev–Trinajstić information content (AvgIpc) is 3.01. The van der Waals surface area contributed by atoms with Crippen LogP contribution in [0.3, 0.4) is 0 Å². The second kappa shape index (κ2) is 6.69. The molecule has 0 fully saturated rings. The molecule has 0 unspecified atom stereocenters. The summed E-state index contributed by atoms with van der Waals surface area (Å²) in [7, 11) is -0.583. The fourth-order valence-electron chi connectivity index (χ4n) is 1.91. The minimum absolute atomic E-state index is 0.441. The summed E-state index contributed by atoms with van der Waals surface area (Å²) in [6.45, 7) is 0. The number of rotatable bonds is 5. The molecule has 0 saturated carbocycles. The SMILES string of the molecule is COP(=O)(OC)C(=C=CC1=CC=CC1)c1ccccc1. The molecule has 0 saturated heterocycles. The summed E-state index contributed by atoms with van der Waals surface area (Å²) in [5.74, 6) is 0. The minimum atomic E-state index is -3.34. The highest BCUT2D eigenvalue weighted by Crippen LogP contribution is 2.58. The van der Waals surface area contributed by atoms with Crippen LogP contribution in [0.1, 0.15) is 12.0 Å². The van der Waals surface area contributed by atoms with E-state index in [-0.39, 0.29) is 0 Å². The van der Waals surface area contributed by atoms with Crippen molar-refractivity contribution in [3.8, 4) is 0 Å². The van der Waals surface area contributed by atoms with Crippen molar-refractivity contribution in [2.24, 2.45) is 0 Å². The Labute approximate surface area is 119 Å². The van der Waals surface area contributed by atoms with E-state index in [4.69, 9.17) is 9.05 Å². The third-order valence-electron chi connectivity index (χ3n) is 3.00. The minimum Gasteiger partial charge on any atom is -0.308 e. The molecule has 1 aromatic carbocycles. The van der Waals surface area contributed by atoms with Gasteiger partial charge in [0.15, 0.2) is 0 Å². The molecule has 2 rings (SSSR count). The maximum atomic E-state index is 12.7. The second-order valence-electron chi connectivity index (χ2n) is 4.24. The second-order valence-corrected chi connectivity index (χ2v) is 6.41. The van der Waals surface area contributed by atoms with Crippen LogP contribution < -0.4 is 0 Å². The van der Waals surface area contributed by atoms with Crippen molar-refractivity contribution in [3.63, 3.8) is 0 Å².